The largest absolute Gasteiger partial charge is 0.207 e. The lowest BCUT2D eigenvalue weighted by Gasteiger charge is -2.15. The molecule has 1 aromatic rings. The summed E-state index contributed by atoms with van der Waals surface area (Å²) in [5, 5.41) is 0.955. The topological polar surface area (TPSA) is 0 Å². The van der Waals surface area contributed by atoms with Crippen molar-refractivity contribution >= 4 is 15.9 Å². The minimum atomic E-state index is -0.153. The lowest BCUT2D eigenvalue weighted by atomic mass is 9.93. The molecule has 0 fully saturated rings. The van der Waals surface area contributed by atoms with E-state index in [-0.39, 0.29) is 5.82 Å². The zero-order valence-electron chi connectivity index (χ0n) is 10.0. The highest BCUT2D eigenvalue weighted by Gasteiger charge is 2.10. The standard InChI is InChI=1S/C14H20BrF/c1-11(2)4-3-5-13(10-15)12-6-8-14(16)9-7-12/h6-9,11,13H,3-5,10H2,1-2H3. The Kier molecular flexibility index (Phi) is 6.04. The van der Waals surface area contributed by atoms with Gasteiger partial charge in [0.15, 0.2) is 0 Å². The number of hydrogen-bond donors (Lipinski definition) is 0. The van der Waals surface area contributed by atoms with Crippen molar-refractivity contribution in [1.82, 2.24) is 0 Å². The minimum Gasteiger partial charge on any atom is -0.207 e. The van der Waals surface area contributed by atoms with Gasteiger partial charge in [0.05, 0.1) is 0 Å². The van der Waals surface area contributed by atoms with Gasteiger partial charge in [-0.3, -0.25) is 0 Å². The first-order chi connectivity index (χ1) is 7.63. The minimum absolute atomic E-state index is 0.153. The third kappa shape index (κ3) is 4.65. The van der Waals surface area contributed by atoms with Crippen molar-refractivity contribution in [2.24, 2.45) is 5.92 Å². The Labute approximate surface area is 106 Å². The normalized spacial score (nSPS) is 13.1. The van der Waals surface area contributed by atoms with E-state index in [0.29, 0.717) is 5.92 Å². The average molecular weight is 287 g/mol. The predicted molar refractivity (Wildman–Crippen MR) is 71.6 cm³/mol. The van der Waals surface area contributed by atoms with Crippen LogP contribution in [-0.4, -0.2) is 5.33 Å². The van der Waals surface area contributed by atoms with E-state index < -0.39 is 0 Å². The van der Waals surface area contributed by atoms with E-state index >= 15 is 0 Å². The predicted octanol–water partition coefficient (Wildman–Crippen LogP) is 5.13. The highest BCUT2D eigenvalue weighted by Crippen LogP contribution is 2.25. The van der Waals surface area contributed by atoms with Gasteiger partial charge in [0, 0.05) is 5.33 Å². The zero-order valence-corrected chi connectivity index (χ0v) is 11.6. The molecule has 0 heterocycles. The molecule has 1 unspecified atom stereocenters. The second-order valence-corrected chi connectivity index (χ2v) is 5.38. The molecule has 0 N–H and O–H groups in total. The highest BCUT2D eigenvalue weighted by atomic mass is 79.9. The molecule has 1 aromatic carbocycles. The van der Waals surface area contributed by atoms with Crippen LogP contribution in [0, 0.1) is 11.7 Å². The molecule has 0 saturated carbocycles. The van der Waals surface area contributed by atoms with Crippen LogP contribution in [0.3, 0.4) is 0 Å². The lowest BCUT2D eigenvalue weighted by Crippen LogP contribution is -2.01. The molecule has 0 aliphatic heterocycles. The molecule has 0 aromatic heterocycles. The van der Waals surface area contributed by atoms with Crippen molar-refractivity contribution in [2.75, 3.05) is 5.33 Å². The first-order valence-electron chi connectivity index (χ1n) is 5.95. The summed E-state index contributed by atoms with van der Waals surface area (Å²) in [5.74, 6) is 1.13. The maximum atomic E-state index is 12.8. The molecule has 0 aliphatic carbocycles. The van der Waals surface area contributed by atoms with E-state index in [1.165, 1.54) is 24.8 Å². The molecule has 0 nitrogen and oxygen atoms in total. The van der Waals surface area contributed by atoms with Crippen LogP contribution in [0.4, 0.5) is 4.39 Å². The summed E-state index contributed by atoms with van der Waals surface area (Å²) in [4.78, 5) is 0. The molecule has 2 heteroatoms. The molecule has 90 valence electrons. The van der Waals surface area contributed by atoms with Crippen LogP contribution in [0.15, 0.2) is 24.3 Å². The second-order valence-electron chi connectivity index (χ2n) is 4.73. The Morgan fingerprint density at radius 1 is 1.12 bits per heavy atom. The first kappa shape index (κ1) is 13.7. The third-order valence-electron chi connectivity index (χ3n) is 2.86. The van der Waals surface area contributed by atoms with Crippen molar-refractivity contribution < 1.29 is 4.39 Å². The van der Waals surface area contributed by atoms with Crippen LogP contribution in [0.5, 0.6) is 0 Å². The molecule has 0 bridgehead atoms. The van der Waals surface area contributed by atoms with Gasteiger partial charge in [-0.05, 0) is 36.0 Å². The van der Waals surface area contributed by atoms with Crippen LogP contribution >= 0.6 is 15.9 Å². The van der Waals surface area contributed by atoms with E-state index in [4.69, 9.17) is 0 Å². The van der Waals surface area contributed by atoms with Crippen molar-refractivity contribution in [3.8, 4) is 0 Å². The van der Waals surface area contributed by atoms with Gasteiger partial charge >= 0.3 is 0 Å². The molecular formula is C14H20BrF. The van der Waals surface area contributed by atoms with Crippen LogP contribution in [-0.2, 0) is 0 Å². The maximum absolute atomic E-state index is 12.8. The van der Waals surface area contributed by atoms with Gasteiger partial charge in [0.25, 0.3) is 0 Å². The number of hydrogen-bond acceptors (Lipinski definition) is 0. The number of rotatable bonds is 6. The van der Waals surface area contributed by atoms with Crippen LogP contribution in [0.2, 0.25) is 0 Å². The van der Waals surface area contributed by atoms with Crippen molar-refractivity contribution in [3.05, 3.63) is 35.6 Å². The fourth-order valence-electron chi connectivity index (χ4n) is 1.84. The fraction of sp³-hybridized carbons (Fsp3) is 0.571. The zero-order chi connectivity index (χ0) is 12.0. The molecule has 0 saturated heterocycles. The van der Waals surface area contributed by atoms with Crippen LogP contribution < -0.4 is 0 Å². The van der Waals surface area contributed by atoms with Gasteiger partial charge < -0.3 is 0 Å². The summed E-state index contributed by atoms with van der Waals surface area (Å²) >= 11 is 3.54. The average Bonchev–Trinajstić information content (AvgIpc) is 2.26. The van der Waals surface area contributed by atoms with E-state index in [1.54, 1.807) is 12.1 Å². The molecular weight excluding hydrogens is 267 g/mol. The van der Waals surface area contributed by atoms with Gasteiger partial charge in [0.2, 0.25) is 0 Å². The Hall–Kier alpha value is -0.370. The number of halogens is 2. The van der Waals surface area contributed by atoms with E-state index in [1.807, 2.05) is 12.1 Å². The van der Waals surface area contributed by atoms with Crippen LogP contribution in [0.1, 0.15) is 44.6 Å². The SMILES string of the molecule is CC(C)CCCC(CBr)c1ccc(F)cc1. The summed E-state index contributed by atoms with van der Waals surface area (Å²) in [5.41, 5.74) is 1.24. The van der Waals surface area contributed by atoms with Crippen molar-refractivity contribution in [1.29, 1.82) is 0 Å². The number of benzene rings is 1. The summed E-state index contributed by atoms with van der Waals surface area (Å²) in [7, 11) is 0. The summed E-state index contributed by atoms with van der Waals surface area (Å²) in [6.45, 7) is 4.50. The monoisotopic (exact) mass is 286 g/mol. The molecule has 16 heavy (non-hydrogen) atoms. The van der Waals surface area contributed by atoms with Gasteiger partial charge in [-0.2, -0.15) is 0 Å². The second kappa shape index (κ2) is 7.05. The molecule has 0 radical (unpaired) electrons. The molecule has 1 rings (SSSR count). The molecule has 1 atom stereocenters. The van der Waals surface area contributed by atoms with Gasteiger partial charge in [0.1, 0.15) is 5.82 Å². The Morgan fingerprint density at radius 3 is 2.25 bits per heavy atom. The third-order valence-corrected chi connectivity index (χ3v) is 3.64. The summed E-state index contributed by atoms with van der Waals surface area (Å²) in [6, 6.07) is 6.90. The fourth-order valence-corrected chi connectivity index (χ4v) is 2.54. The Morgan fingerprint density at radius 2 is 1.75 bits per heavy atom. The molecule has 0 amide bonds. The smallest absolute Gasteiger partial charge is 0.123 e. The van der Waals surface area contributed by atoms with Crippen molar-refractivity contribution in [3.63, 3.8) is 0 Å². The van der Waals surface area contributed by atoms with Gasteiger partial charge in [-0.1, -0.05) is 54.8 Å². The van der Waals surface area contributed by atoms with Gasteiger partial charge in [-0.15, -0.1) is 0 Å². The van der Waals surface area contributed by atoms with Crippen LogP contribution in [0.25, 0.3) is 0 Å². The summed E-state index contributed by atoms with van der Waals surface area (Å²) in [6.07, 6.45) is 3.69. The Balaban J connectivity index is 2.50. The Bertz CT molecular complexity index is 292. The van der Waals surface area contributed by atoms with E-state index in [0.717, 1.165) is 11.2 Å². The number of alkyl halides is 1. The van der Waals surface area contributed by atoms with E-state index in [2.05, 4.69) is 29.8 Å². The first-order valence-corrected chi connectivity index (χ1v) is 7.07. The molecule has 0 aliphatic rings. The van der Waals surface area contributed by atoms with Gasteiger partial charge in [-0.25, -0.2) is 4.39 Å². The summed E-state index contributed by atoms with van der Waals surface area (Å²) < 4.78 is 12.8. The van der Waals surface area contributed by atoms with Crippen molar-refractivity contribution in [2.45, 2.75) is 39.0 Å². The molecule has 0 spiro atoms. The lowest BCUT2D eigenvalue weighted by molar-refractivity contribution is 0.515. The quantitative estimate of drug-likeness (QED) is 0.636. The maximum Gasteiger partial charge on any atom is 0.123 e. The highest BCUT2D eigenvalue weighted by molar-refractivity contribution is 9.09. The van der Waals surface area contributed by atoms with E-state index in [9.17, 15) is 4.39 Å².